The molecule has 0 aromatic heterocycles. The van der Waals surface area contributed by atoms with Crippen molar-refractivity contribution in [3.8, 4) is 5.75 Å². The van der Waals surface area contributed by atoms with Crippen LogP contribution in [0.15, 0.2) is 18.2 Å². The van der Waals surface area contributed by atoms with Crippen LogP contribution in [0.25, 0.3) is 0 Å². The van der Waals surface area contributed by atoms with Crippen LogP contribution < -0.4 is 10.2 Å². The molecule has 21 heavy (non-hydrogen) atoms. The standard InChI is InChI=1S/C14H16N2O5/c1-8(17)12-4-3-10(5-13(12)19)16-7-11(21-14(16)20)6-15-9(2)18/h3-5,11,19H,6-7H2,1-2H3,(H,15,18). The summed E-state index contributed by atoms with van der Waals surface area (Å²) < 4.78 is 5.12. The normalized spacial score (nSPS) is 17.5. The van der Waals surface area contributed by atoms with Gasteiger partial charge in [-0.3, -0.25) is 14.5 Å². The molecule has 0 aliphatic carbocycles. The molecule has 2 N–H and O–H groups in total. The average molecular weight is 292 g/mol. The van der Waals surface area contributed by atoms with Crippen molar-refractivity contribution in [1.29, 1.82) is 0 Å². The van der Waals surface area contributed by atoms with Crippen molar-refractivity contribution in [3.05, 3.63) is 23.8 Å². The molecule has 0 bridgehead atoms. The lowest BCUT2D eigenvalue weighted by atomic mass is 10.1. The summed E-state index contributed by atoms with van der Waals surface area (Å²) in [4.78, 5) is 35.3. The maximum atomic E-state index is 11.8. The highest BCUT2D eigenvalue weighted by Gasteiger charge is 2.32. The molecule has 1 aliphatic rings. The topological polar surface area (TPSA) is 95.9 Å². The Labute approximate surface area is 121 Å². The van der Waals surface area contributed by atoms with Crippen LogP contribution in [0, 0.1) is 0 Å². The molecule has 112 valence electrons. The van der Waals surface area contributed by atoms with Gasteiger partial charge in [0.1, 0.15) is 11.9 Å². The second kappa shape index (κ2) is 5.82. The van der Waals surface area contributed by atoms with Crippen LogP contribution >= 0.6 is 0 Å². The van der Waals surface area contributed by atoms with E-state index in [0.29, 0.717) is 5.69 Å². The van der Waals surface area contributed by atoms with Gasteiger partial charge in [-0.2, -0.15) is 0 Å². The predicted octanol–water partition coefficient (Wildman–Crippen LogP) is 1.06. The highest BCUT2D eigenvalue weighted by Crippen LogP contribution is 2.28. The van der Waals surface area contributed by atoms with Crippen molar-refractivity contribution in [3.63, 3.8) is 0 Å². The van der Waals surface area contributed by atoms with E-state index in [0.717, 1.165) is 0 Å². The minimum absolute atomic E-state index is 0.182. The number of hydrogen-bond donors (Lipinski definition) is 2. The number of nitrogens with one attached hydrogen (secondary N) is 1. The van der Waals surface area contributed by atoms with E-state index in [1.54, 1.807) is 6.07 Å². The van der Waals surface area contributed by atoms with Crippen molar-refractivity contribution >= 4 is 23.5 Å². The predicted molar refractivity (Wildman–Crippen MR) is 74.4 cm³/mol. The number of nitrogens with zero attached hydrogens (tertiary/aromatic N) is 1. The number of ketones is 1. The van der Waals surface area contributed by atoms with Crippen LogP contribution in [0.5, 0.6) is 5.75 Å². The molecule has 0 spiro atoms. The quantitative estimate of drug-likeness (QED) is 0.809. The first-order chi connectivity index (χ1) is 9.88. The summed E-state index contributed by atoms with van der Waals surface area (Å²) in [6, 6.07) is 4.37. The zero-order valence-corrected chi connectivity index (χ0v) is 11.8. The van der Waals surface area contributed by atoms with Gasteiger partial charge in [-0.1, -0.05) is 0 Å². The SMILES string of the molecule is CC(=O)NCC1CN(c2ccc(C(C)=O)c(O)c2)C(=O)O1. The van der Waals surface area contributed by atoms with Gasteiger partial charge < -0.3 is 15.2 Å². The van der Waals surface area contributed by atoms with Gasteiger partial charge in [0, 0.05) is 13.0 Å². The van der Waals surface area contributed by atoms with Crippen molar-refractivity contribution in [2.24, 2.45) is 0 Å². The lowest BCUT2D eigenvalue weighted by molar-refractivity contribution is -0.119. The number of rotatable bonds is 4. The van der Waals surface area contributed by atoms with Crippen LogP contribution in [0.3, 0.4) is 0 Å². The highest BCUT2D eigenvalue weighted by atomic mass is 16.6. The summed E-state index contributed by atoms with van der Waals surface area (Å²) in [7, 11) is 0. The first-order valence-electron chi connectivity index (χ1n) is 6.45. The maximum Gasteiger partial charge on any atom is 0.414 e. The number of anilines is 1. The molecule has 2 amide bonds. The number of phenolic OH excluding ortho intramolecular Hbond substituents is 1. The lowest BCUT2D eigenvalue weighted by Gasteiger charge is -2.14. The van der Waals surface area contributed by atoms with Gasteiger partial charge in [-0.15, -0.1) is 0 Å². The smallest absolute Gasteiger partial charge is 0.414 e. The Kier molecular flexibility index (Phi) is 4.11. The fourth-order valence-electron chi connectivity index (χ4n) is 2.08. The van der Waals surface area contributed by atoms with Crippen molar-refractivity contribution in [2.75, 3.05) is 18.0 Å². The molecule has 7 heteroatoms. The Balaban J connectivity index is 2.12. The van der Waals surface area contributed by atoms with Crippen LogP contribution in [0.4, 0.5) is 10.5 Å². The number of Topliss-reactive ketones (excluding diaryl/α,β-unsaturated/α-hetero) is 1. The monoisotopic (exact) mass is 292 g/mol. The Hall–Kier alpha value is -2.57. The first-order valence-corrected chi connectivity index (χ1v) is 6.45. The third-order valence-electron chi connectivity index (χ3n) is 3.13. The molecule has 1 saturated heterocycles. The molecule has 2 rings (SSSR count). The zero-order valence-electron chi connectivity index (χ0n) is 11.8. The molecule has 1 heterocycles. The third kappa shape index (κ3) is 3.31. The second-order valence-electron chi connectivity index (χ2n) is 4.81. The molecule has 1 aromatic carbocycles. The van der Waals surface area contributed by atoms with Crippen molar-refractivity contribution < 1.29 is 24.2 Å². The Bertz CT molecular complexity index is 599. The van der Waals surface area contributed by atoms with Crippen LogP contribution in [-0.4, -0.2) is 42.1 Å². The number of aromatic hydroxyl groups is 1. The van der Waals surface area contributed by atoms with E-state index in [9.17, 15) is 19.5 Å². The van der Waals surface area contributed by atoms with Crippen molar-refractivity contribution in [1.82, 2.24) is 5.32 Å². The fraction of sp³-hybridized carbons (Fsp3) is 0.357. The van der Waals surface area contributed by atoms with E-state index < -0.39 is 12.2 Å². The van der Waals surface area contributed by atoms with Crippen molar-refractivity contribution in [2.45, 2.75) is 20.0 Å². The number of cyclic esters (lactones) is 1. The molecular weight excluding hydrogens is 276 g/mol. The fourth-order valence-corrected chi connectivity index (χ4v) is 2.08. The van der Waals surface area contributed by atoms with E-state index in [1.165, 1.54) is 30.9 Å². The molecule has 7 nitrogen and oxygen atoms in total. The minimum Gasteiger partial charge on any atom is -0.507 e. The number of phenols is 1. The summed E-state index contributed by atoms with van der Waals surface area (Å²) in [5.74, 6) is -0.641. The molecular formula is C14H16N2O5. The van der Waals surface area contributed by atoms with Gasteiger partial charge >= 0.3 is 6.09 Å². The summed E-state index contributed by atoms with van der Waals surface area (Å²) in [5, 5.41) is 12.4. The van der Waals surface area contributed by atoms with Gasteiger partial charge in [0.15, 0.2) is 5.78 Å². The minimum atomic E-state index is -0.555. The third-order valence-corrected chi connectivity index (χ3v) is 3.13. The van der Waals surface area contributed by atoms with E-state index in [4.69, 9.17) is 4.74 Å². The number of benzene rings is 1. The summed E-state index contributed by atoms with van der Waals surface area (Å²) in [5.41, 5.74) is 0.633. The maximum absolute atomic E-state index is 11.8. The highest BCUT2D eigenvalue weighted by molar-refractivity contribution is 5.98. The molecule has 0 saturated carbocycles. The second-order valence-corrected chi connectivity index (χ2v) is 4.81. The molecule has 1 unspecified atom stereocenters. The van der Waals surface area contributed by atoms with Gasteiger partial charge in [0.25, 0.3) is 0 Å². The number of hydrogen-bond acceptors (Lipinski definition) is 5. The van der Waals surface area contributed by atoms with Crippen LogP contribution in [-0.2, 0) is 9.53 Å². The molecule has 1 fully saturated rings. The lowest BCUT2D eigenvalue weighted by Crippen LogP contribution is -2.33. The van der Waals surface area contributed by atoms with Gasteiger partial charge in [-0.05, 0) is 19.1 Å². The van der Waals surface area contributed by atoms with E-state index in [-0.39, 0.29) is 36.1 Å². The van der Waals surface area contributed by atoms with Gasteiger partial charge in [-0.25, -0.2) is 4.79 Å². The summed E-state index contributed by atoms with van der Waals surface area (Å²) >= 11 is 0. The Morgan fingerprint density at radius 1 is 1.43 bits per heavy atom. The molecule has 1 aromatic rings. The Morgan fingerprint density at radius 2 is 2.14 bits per heavy atom. The van der Waals surface area contributed by atoms with Crippen LogP contribution in [0.1, 0.15) is 24.2 Å². The molecule has 0 radical (unpaired) electrons. The Morgan fingerprint density at radius 3 is 2.71 bits per heavy atom. The number of amides is 2. The summed E-state index contributed by atoms with van der Waals surface area (Å²) in [6.45, 7) is 3.22. The van der Waals surface area contributed by atoms with E-state index in [2.05, 4.69) is 5.32 Å². The van der Waals surface area contributed by atoms with Crippen LogP contribution in [0.2, 0.25) is 0 Å². The van der Waals surface area contributed by atoms with Gasteiger partial charge in [0.05, 0.1) is 24.3 Å². The summed E-state index contributed by atoms with van der Waals surface area (Å²) in [6.07, 6.45) is -1.00. The van der Waals surface area contributed by atoms with E-state index >= 15 is 0 Å². The zero-order chi connectivity index (χ0) is 15.6. The largest absolute Gasteiger partial charge is 0.507 e. The number of ether oxygens (including phenoxy) is 1. The number of carbonyl (C=O) groups excluding carboxylic acids is 3. The number of carbonyl (C=O) groups is 3. The van der Waals surface area contributed by atoms with Gasteiger partial charge in [0.2, 0.25) is 5.91 Å². The average Bonchev–Trinajstić information content (AvgIpc) is 2.77. The molecule has 1 atom stereocenters. The first kappa shape index (κ1) is 14.8. The van der Waals surface area contributed by atoms with E-state index in [1.807, 2.05) is 0 Å². The molecule has 1 aliphatic heterocycles.